The molecule has 1 fully saturated rings. The molecule has 0 saturated carbocycles. The highest BCUT2D eigenvalue weighted by Crippen LogP contribution is 2.26. The molecule has 8 unspecified atom stereocenters. The van der Waals surface area contributed by atoms with Crippen LogP contribution in [0.5, 0.6) is 0 Å². The fourth-order valence-corrected chi connectivity index (χ4v) is 8.48. The first-order valence-electron chi connectivity index (χ1n) is 28.9. The predicted molar refractivity (Wildman–Crippen MR) is 296 cm³/mol. The summed E-state index contributed by atoms with van der Waals surface area (Å²) in [6, 6.07) is -1.04. The molecule has 0 aromatic carbocycles. The molecule has 1 aliphatic heterocycles. The van der Waals surface area contributed by atoms with Crippen LogP contribution >= 0.6 is 0 Å². The second-order valence-electron chi connectivity index (χ2n) is 19.7. The Hall–Kier alpha value is -3.16. The van der Waals surface area contributed by atoms with E-state index >= 15 is 0 Å². The first-order valence-corrected chi connectivity index (χ1v) is 28.9. The minimum atomic E-state index is -1.63. The summed E-state index contributed by atoms with van der Waals surface area (Å²) < 4.78 is 17.5. The number of amides is 1. The minimum Gasteiger partial charge on any atom is -0.454 e. The molecular formula is C61H105NO10. The van der Waals surface area contributed by atoms with Crippen molar-refractivity contribution in [2.75, 3.05) is 13.2 Å². The summed E-state index contributed by atoms with van der Waals surface area (Å²) in [5, 5.41) is 56.8. The van der Waals surface area contributed by atoms with Crippen LogP contribution in [0.2, 0.25) is 0 Å². The van der Waals surface area contributed by atoms with E-state index in [2.05, 4.69) is 80.8 Å². The summed E-state index contributed by atoms with van der Waals surface area (Å²) in [4.78, 5) is 26.4. The highest BCUT2D eigenvalue weighted by Gasteiger charge is 2.47. The molecule has 8 atom stereocenters. The van der Waals surface area contributed by atoms with Crippen LogP contribution in [-0.2, 0) is 23.8 Å². The van der Waals surface area contributed by atoms with Crippen molar-refractivity contribution in [1.82, 2.24) is 5.32 Å². The van der Waals surface area contributed by atoms with Gasteiger partial charge in [-0.1, -0.05) is 221 Å². The molecule has 1 saturated heterocycles. The number of nitrogens with one attached hydrogen (secondary N) is 1. The highest BCUT2D eigenvalue weighted by molar-refractivity contribution is 5.80. The van der Waals surface area contributed by atoms with Gasteiger partial charge in [-0.05, 0) is 83.5 Å². The van der Waals surface area contributed by atoms with Gasteiger partial charge in [-0.25, -0.2) is 0 Å². The average Bonchev–Trinajstić information content (AvgIpc) is 3.38. The molecule has 414 valence electrons. The topological polar surface area (TPSA) is 175 Å². The molecule has 0 aromatic rings. The van der Waals surface area contributed by atoms with Crippen LogP contribution in [0.15, 0.2) is 85.1 Å². The van der Waals surface area contributed by atoms with Crippen molar-refractivity contribution >= 4 is 11.9 Å². The number of aliphatic hydroxyl groups is 5. The summed E-state index contributed by atoms with van der Waals surface area (Å²) >= 11 is 0. The van der Waals surface area contributed by atoms with Gasteiger partial charge in [0.1, 0.15) is 24.4 Å². The van der Waals surface area contributed by atoms with Gasteiger partial charge in [0, 0.05) is 6.42 Å². The van der Waals surface area contributed by atoms with E-state index in [0.717, 1.165) is 103 Å². The van der Waals surface area contributed by atoms with Crippen LogP contribution in [0.3, 0.4) is 0 Å². The fraction of sp³-hybridized carbons (Fsp3) is 0.738. The molecular weight excluding hydrogens is 907 g/mol. The Bertz CT molecular complexity index is 1490. The number of ether oxygens (including phenoxy) is 3. The summed E-state index contributed by atoms with van der Waals surface area (Å²) in [5.74, 6) is -1.24. The average molecular weight is 1010 g/mol. The van der Waals surface area contributed by atoms with Crippen LogP contribution < -0.4 is 5.32 Å². The Labute approximate surface area is 438 Å². The number of aliphatic hydroxyl groups excluding tert-OH is 5. The van der Waals surface area contributed by atoms with E-state index in [1.807, 2.05) is 24.3 Å². The van der Waals surface area contributed by atoms with Gasteiger partial charge in [-0.3, -0.25) is 9.59 Å². The van der Waals surface area contributed by atoms with Crippen molar-refractivity contribution in [3.8, 4) is 0 Å². The Kier molecular flexibility index (Phi) is 45.3. The van der Waals surface area contributed by atoms with Gasteiger partial charge in [0.25, 0.3) is 0 Å². The summed E-state index contributed by atoms with van der Waals surface area (Å²) in [7, 11) is 0. The third kappa shape index (κ3) is 36.7. The lowest BCUT2D eigenvalue weighted by Crippen LogP contribution is -2.61. The number of unbranched alkanes of at least 4 members (excludes halogenated alkanes) is 23. The van der Waals surface area contributed by atoms with Gasteiger partial charge in [-0.2, -0.15) is 0 Å². The number of allylic oxidation sites excluding steroid dienone is 13. The molecule has 0 spiro atoms. The second-order valence-corrected chi connectivity index (χ2v) is 19.7. The third-order valence-corrected chi connectivity index (χ3v) is 13.1. The Balaban J connectivity index is 2.75. The normalized spacial score (nSPS) is 20.1. The zero-order valence-corrected chi connectivity index (χ0v) is 45.5. The molecule has 1 heterocycles. The first kappa shape index (κ1) is 66.9. The van der Waals surface area contributed by atoms with Crippen molar-refractivity contribution in [1.29, 1.82) is 0 Å². The molecule has 0 aromatic heterocycles. The molecule has 1 amide bonds. The predicted octanol–water partition coefficient (Wildman–Crippen LogP) is 13.0. The van der Waals surface area contributed by atoms with Gasteiger partial charge in [-0.15, -0.1) is 0 Å². The quantitative estimate of drug-likeness (QED) is 0.0149. The van der Waals surface area contributed by atoms with E-state index in [9.17, 15) is 35.1 Å². The third-order valence-electron chi connectivity index (χ3n) is 13.1. The van der Waals surface area contributed by atoms with E-state index in [0.29, 0.717) is 12.8 Å². The van der Waals surface area contributed by atoms with Gasteiger partial charge < -0.3 is 45.1 Å². The monoisotopic (exact) mass is 1010 g/mol. The lowest BCUT2D eigenvalue weighted by molar-refractivity contribution is -0.305. The SMILES string of the molecule is CC/C=C/C=C/C=C\CCCCCCCC(=O)OC1C(OCC(NC(=O)C(O)CCCCCCC/C=C\C/C=C\C/C=C\CCCCC)C(O)/C=C/CCCCCCCCCCCC)OC(CO)C(O)C1O. The van der Waals surface area contributed by atoms with Crippen LogP contribution in [0.1, 0.15) is 226 Å². The zero-order valence-electron chi connectivity index (χ0n) is 45.5. The molecule has 0 aliphatic carbocycles. The molecule has 72 heavy (non-hydrogen) atoms. The maximum absolute atomic E-state index is 13.4. The molecule has 1 aliphatic rings. The smallest absolute Gasteiger partial charge is 0.306 e. The maximum Gasteiger partial charge on any atom is 0.306 e. The molecule has 0 bridgehead atoms. The van der Waals surface area contributed by atoms with E-state index in [4.69, 9.17) is 14.2 Å². The number of rotatable bonds is 47. The molecule has 0 radical (unpaired) electrons. The number of carbonyl (C=O) groups excluding carboxylic acids is 2. The lowest BCUT2D eigenvalue weighted by atomic mass is 9.99. The summed E-state index contributed by atoms with van der Waals surface area (Å²) in [5.41, 5.74) is 0. The van der Waals surface area contributed by atoms with E-state index in [-0.39, 0.29) is 19.4 Å². The fourth-order valence-electron chi connectivity index (χ4n) is 8.48. The number of esters is 1. The number of carbonyl (C=O) groups is 2. The number of hydrogen-bond acceptors (Lipinski definition) is 10. The van der Waals surface area contributed by atoms with E-state index in [1.165, 1.54) is 77.0 Å². The maximum atomic E-state index is 13.4. The molecule has 6 N–H and O–H groups in total. The first-order chi connectivity index (χ1) is 35.2. The molecule has 1 rings (SSSR count). The van der Waals surface area contributed by atoms with Gasteiger partial charge in [0.2, 0.25) is 5.91 Å². The summed E-state index contributed by atoms with van der Waals surface area (Å²) in [6.07, 6.45) is 51.9. The van der Waals surface area contributed by atoms with Crippen molar-refractivity contribution in [2.45, 2.75) is 275 Å². The lowest BCUT2D eigenvalue weighted by Gasteiger charge is -2.41. The van der Waals surface area contributed by atoms with Crippen molar-refractivity contribution < 1.29 is 49.3 Å². The largest absolute Gasteiger partial charge is 0.454 e. The van der Waals surface area contributed by atoms with Crippen LogP contribution in [-0.4, -0.2) is 99.6 Å². The van der Waals surface area contributed by atoms with Gasteiger partial charge in [0.05, 0.1) is 25.4 Å². The van der Waals surface area contributed by atoms with Gasteiger partial charge in [0.15, 0.2) is 12.4 Å². The minimum absolute atomic E-state index is 0.0951. The highest BCUT2D eigenvalue weighted by atomic mass is 16.7. The van der Waals surface area contributed by atoms with Crippen LogP contribution in [0, 0.1) is 0 Å². The van der Waals surface area contributed by atoms with Crippen molar-refractivity contribution in [2.24, 2.45) is 0 Å². The van der Waals surface area contributed by atoms with Crippen LogP contribution in [0.4, 0.5) is 0 Å². The molecule has 11 nitrogen and oxygen atoms in total. The Morgan fingerprint density at radius 3 is 1.64 bits per heavy atom. The Morgan fingerprint density at radius 1 is 0.569 bits per heavy atom. The van der Waals surface area contributed by atoms with Crippen molar-refractivity contribution in [3.63, 3.8) is 0 Å². The Morgan fingerprint density at radius 2 is 1.06 bits per heavy atom. The van der Waals surface area contributed by atoms with Crippen LogP contribution in [0.25, 0.3) is 0 Å². The van der Waals surface area contributed by atoms with E-state index < -0.39 is 67.4 Å². The van der Waals surface area contributed by atoms with E-state index in [1.54, 1.807) is 6.08 Å². The van der Waals surface area contributed by atoms with Gasteiger partial charge >= 0.3 is 5.97 Å². The molecule has 11 heteroatoms. The summed E-state index contributed by atoms with van der Waals surface area (Å²) in [6.45, 7) is 5.58. The second kappa shape index (κ2) is 48.8. The zero-order chi connectivity index (χ0) is 52.5. The van der Waals surface area contributed by atoms with Crippen molar-refractivity contribution in [3.05, 3.63) is 85.1 Å². The number of hydrogen-bond donors (Lipinski definition) is 6. The standard InChI is InChI=1S/C61H105NO10/c1-4-7-10-13-16-19-22-25-26-27-28-29-31-33-36-39-42-45-48-54(65)60(69)62-52(53(64)47-44-41-38-35-32-24-21-18-15-12-9-6-3)51-70-61-59(58(68)57(67)55(50-63)71-61)72-56(66)49-46-43-40-37-34-30-23-20-17-14-11-8-5-2/h8,11,14,16-17,19-20,23,25-26,28-29,44,47,52-55,57-59,61,63-65,67-68H,4-7,9-10,12-13,15,18,21-22,24,27,30-43,45-46,48-51H2,1-3H3,(H,62,69)/b11-8+,17-14+,19-16-,23-20-,26-25-,29-28-,47-44+.